The second kappa shape index (κ2) is 10.0. The van der Waals surface area contributed by atoms with E-state index in [0.29, 0.717) is 24.3 Å². The van der Waals surface area contributed by atoms with E-state index in [1.165, 1.54) is 38.5 Å². The van der Waals surface area contributed by atoms with Gasteiger partial charge in [-0.15, -0.1) is 0 Å². The van der Waals surface area contributed by atoms with Crippen LogP contribution in [0, 0.1) is 17.8 Å². The molecule has 0 spiro atoms. The number of phenols is 1. The summed E-state index contributed by atoms with van der Waals surface area (Å²) in [7, 11) is 3.21. The molecule has 0 radical (unpaired) electrons. The number of methoxy groups -OCH3 is 2. The van der Waals surface area contributed by atoms with Gasteiger partial charge in [0.1, 0.15) is 31.5 Å². The van der Waals surface area contributed by atoms with Crippen molar-refractivity contribution in [3.05, 3.63) is 30.0 Å². The van der Waals surface area contributed by atoms with Crippen molar-refractivity contribution < 1.29 is 24.1 Å². The van der Waals surface area contributed by atoms with Crippen molar-refractivity contribution in [3.63, 3.8) is 0 Å². The Hall–Kier alpha value is -2.46. The van der Waals surface area contributed by atoms with Gasteiger partial charge in [-0.05, 0) is 80.5 Å². The number of benzene rings is 1. The molecule has 2 aromatic rings. The quantitative estimate of drug-likeness (QED) is 0.488. The first-order valence-electron chi connectivity index (χ1n) is 13.4. The molecular weight excluding hydrogens is 472 g/mol. The maximum Gasteiger partial charge on any atom is 0.220 e. The monoisotopic (exact) mass is 510 g/mol. The third-order valence-corrected chi connectivity index (χ3v) is 8.96. The van der Waals surface area contributed by atoms with Gasteiger partial charge in [0.05, 0.1) is 11.4 Å². The van der Waals surface area contributed by atoms with E-state index in [1.54, 1.807) is 20.3 Å². The van der Waals surface area contributed by atoms with Gasteiger partial charge in [-0.25, -0.2) is 9.97 Å². The van der Waals surface area contributed by atoms with Gasteiger partial charge >= 0.3 is 0 Å². The molecule has 1 saturated heterocycles. The van der Waals surface area contributed by atoms with E-state index in [9.17, 15) is 5.11 Å². The fraction of sp³-hybridized carbons (Fsp3) is 0.643. The molecule has 1 aromatic heterocycles. The van der Waals surface area contributed by atoms with Crippen molar-refractivity contribution in [2.75, 3.05) is 51.5 Å². The SMILES string of the molecule is COCO[C@H]1CN(c2ccc(O)c(-c3cc(C45CC6CC(CC(C6)C4)C5)nc(N)n3)c2)C[C@@H]1OCOC. The minimum Gasteiger partial charge on any atom is -0.507 e. The van der Waals surface area contributed by atoms with Gasteiger partial charge < -0.3 is 34.7 Å². The third-order valence-electron chi connectivity index (χ3n) is 8.96. The Morgan fingerprint density at radius 2 is 1.51 bits per heavy atom. The van der Waals surface area contributed by atoms with Crippen molar-refractivity contribution in [1.82, 2.24) is 9.97 Å². The Labute approximate surface area is 218 Å². The number of phenolic OH excluding ortho intramolecular Hbond substituents is 1. The molecule has 1 aromatic carbocycles. The summed E-state index contributed by atoms with van der Waals surface area (Å²) < 4.78 is 22.0. The van der Waals surface area contributed by atoms with Crippen LogP contribution in [0.3, 0.4) is 0 Å². The number of nitrogens with two attached hydrogens (primary N) is 1. The Balaban J connectivity index is 1.29. The predicted octanol–water partition coefficient (Wildman–Crippen LogP) is 3.70. The molecule has 4 saturated carbocycles. The summed E-state index contributed by atoms with van der Waals surface area (Å²) >= 11 is 0. The van der Waals surface area contributed by atoms with E-state index in [0.717, 1.165) is 29.1 Å². The number of aromatic nitrogens is 2. The van der Waals surface area contributed by atoms with Gasteiger partial charge in [-0.2, -0.15) is 0 Å². The number of rotatable bonds is 9. The smallest absolute Gasteiger partial charge is 0.220 e. The lowest BCUT2D eigenvalue weighted by Gasteiger charge is -2.56. The highest BCUT2D eigenvalue weighted by molar-refractivity contribution is 5.73. The molecule has 5 aliphatic rings. The summed E-state index contributed by atoms with van der Waals surface area (Å²) in [6.07, 6.45) is 7.37. The van der Waals surface area contributed by atoms with E-state index in [4.69, 9.17) is 29.7 Å². The van der Waals surface area contributed by atoms with Crippen LogP contribution in [0.4, 0.5) is 11.6 Å². The highest BCUT2D eigenvalue weighted by atomic mass is 16.7. The summed E-state index contributed by atoms with van der Waals surface area (Å²) in [4.78, 5) is 11.5. The largest absolute Gasteiger partial charge is 0.507 e. The molecule has 9 nitrogen and oxygen atoms in total. The summed E-state index contributed by atoms with van der Waals surface area (Å²) in [5.74, 6) is 2.87. The molecule has 0 unspecified atom stereocenters. The average Bonchev–Trinajstić information content (AvgIpc) is 3.28. The zero-order valence-electron chi connectivity index (χ0n) is 21.8. The van der Waals surface area contributed by atoms with E-state index in [-0.39, 0.29) is 42.9 Å². The number of ether oxygens (including phenoxy) is 4. The Morgan fingerprint density at radius 3 is 2.08 bits per heavy atom. The Bertz CT molecular complexity index is 1080. The summed E-state index contributed by atoms with van der Waals surface area (Å²) in [6.45, 7) is 1.65. The molecule has 0 amide bonds. The summed E-state index contributed by atoms with van der Waals surface area (Å²) in [6, 6.07) is 7.70. The molecule has 3 N–H and O–H groups in total. The highest BCUT2D eigenvalue weighted by Crippen LogP contribution is 2.60. The van der Waals surface area contributed by atoms with E-state index in [1.807, 2.05) is 12.1 Å². The normalized spacial score (nSPS) is 32.4. The van der Waals surface area contributed by atoms with E-state index in [2.05, 4.69) is 16.0 Å². The predicted molar refractivity (Wildman–Crippen MR) is 139 cm³/mol. The first kappa shape index (κ1) is 24.9. The lowest BCUT2D eigenvalue weighted by atomic mass is 9.49. The van der Waals surface area contributed by atoms with Crippen molar-refractivity contribution in [3.8, 4) is 17.0 Å². The van der Waals surface area contributed by atoms with Gasteiger partial charge in [0, 0.05) is 44.0 Å². The molecule has 200 valence electrons. The number of nitrogen functional groups attached to an aromatic ring is 1. The summed E-state index contributed by atoms with van der Waals surface area (Å²) in [5, 5.41) is 10.9. The van der Waals surface area contributed by atoms with Crippen molar-refractivity contribution in [1.29, 1.82) is 0 Å². The van der Waals surface area contributed by atoms with Crippen LogP contribution in [0.1, 0.15) is 44.2 Å². The van der Waals surface area contributed by atoms with E-state index >= 15 is 0 Å². The zero-order chi connectivity index (χ0) is 25.6. The topological polar surface area (TPSA) is 112 Å². The average molecular weight is 511 g/mol. The van der Waals surface area contributed by atoms with Gasteiger partial charge in [0.2, 0.25) is 5.95 Å². The molecule has 4 aliphatic carbocycles. The molecule has 4 bridgehead atoms. The minimum absolute atomic E-state index is 0.0978. The molecule has 5 fully saturated rings. The fourth-order valence-electron chi connectivity index (χ4n) is 7.81. The second-order valence-corrected chi connectivity index (χ2v) is 11.5. The van der Waals surface area contributed by atoms with Crippen LogP contribution in [0.5, 0.6) is 5.75 Å². The minimum atomic E-state index is -0.162. The molecule has 9 heteroatoms. The Morgan fingerprint density at radius 1 is 0.919 bits per heavy atom. The second-order valence-electron chi connectivity index (χ2n) is 11.5. The number of hydrogen-bond donors (Lipinski definition) is 2. The van der Waals surface area contributed by atoms with Gasteiger partial charge in [0.25, 0.3) is 0 Å². The first-order chi connectivity index (χ1) is 18.0. The van der Waals surface area contributed by atoms with Crippen molar-refractivity contribution in [2.24, 2.45) is 17.8 Å². The molecule has 2 heterocycles. The molecule has 1 aliphatic heterocycles. The lowest BCUT2D eigenvalue weighted by molar-refractivity contribution is -0.139. The van der Waals surface area contributed by atoms with Crippen LogP contribution in [0.25, 0.3) is 11.3 Å². The third kappa shape index (κ3) is 4.78. The maximum absolute atomic E-state index is 10.9. The summed E-state index contributed by atoms with van der Waals surface area (Å²) in [5.41, 5.74) is 9.73. The van der Waals surface area contributed by atoms with E-state index < -0.39 is 0 Å². The fourth-order valence-corrected chi connectivity index (χ4v) is 7.81. The molecule has 7 rings (SSSR count). The van der Waals surface area contributed by atoms with Gasteiger partial charge in [-0.3, -0.25) is 0 Å². The molecule has 37 heavy (non-hydrogen) atoms. The van der Waals surface area contributed by atoms with Crippen molar-refractivity contribution in [2.45, 2.75) is 56.1 Å². The van der Waals surface area contributed by atoms with Gasteiger partial charge in [-0.1, -0.05) is 0 Å². The van der Waals surface area contributed by atoms with Crippen LogP contribution in [0.15, 0.2) is 24.3 Å². The van der Waals surface area contributed by atoms with Crippen LogP contribution < -0.4 is 10.6 Å². The zero-order valence-corrected chi connectivity index (χ0v) is 21.8. The van der Waals surface area contributed by atoms with Crippen LogP contribution in [-0.2, 0) is 24.4 Å². The van der Waals surface area contributed by atoms with Crippen LogP contribution in [0.2, 0.25) is 0 Å². The number of aromatic hydroxyl groups is 1. The number of nitrogens with zero attached hydrogens (tertiary/aromatic N) is 3. The highest BCUT2D eigenvalue weighted by Gasteiger charge is 2.52. The Kier molecular flexibility index (Phi) is 6.73. The molecule has 2 atom stereocenters. The number of anilines is 2. The van der Waals surface area contributed by atoms with Crippen LogP contribution in [-0.4, -0.2) is 68.2 Å². The van der Waals surface area contributed by atoms with Crippen molar-refractivity contribution >= 4 is 11.6 Å². The van der Waals surface area contributed by atoms with Crippen LogP contribution >= 0.6 is 0 Å². The van der Waals surface area contributed by atoms with Gasteiger partial charge in [0.15, 0.2) is 0 Å². The standard InChI is InChI=1S/C28H38N4O5/c1-34-15-36-24-13-32(14-25(24)37-16-35-2)20-3-4-23(33)21(8-20)22-9-26(31-27(29)30-22)28-10-17-5-18(11-28)7-19(6-17)12-28/h3-4,8-9,17-19,24-25,33H,5-7,10-16H2,1-2H3,(H2,29,30,31)/t17?,18?,19?,24-,25-,28?/m0/s1. The lowest BCUT2D eigenvalue weighted by Crippen LogP contribution is -2.49. The number of hydrogen-bond acceptors (Lipinski definition) is 9. The maximum atomic E-state index is 10.9. The molecular formula is C28H38N4O5. The first-order valence-corrected chi connectivity index (χ1v) is 13.4.